The summed E-state index contributed by atoms with van der Waals surface area (Å²) in [6, 6.07) is 1.23. The van der Waals surface area contributed by atoms with E-state index in [2.05, 4.69) is 68.9 Å². The average molecular weight is 259 g/mol. The zero-order valence-corrected chi connectivity index (χ0v) is 14.8. The van der Waals surface area contributed by atoms with E-state index in [0.717, 1.165) is 0 Å². The van der Waals surface area contributed by atoms with E-state index >= 15 is 0 Å². The summed E-state index contributed by atoms with van der Waals surface area (Å²) in [6.07, 6.45) is 1.22. The van der Waals surface area contributed by atoms with Crippen LogP contribution in [-0.4, -0.2) is 13.9 Å². The summed E-state index contributed by atoms with van der Waals surface area (Å²) < 4.78 is 6.57. The molecule has 0 aromatic heterocycles. The average Bonchev–Trinajstić information content (AvgIpc) is 1.97. The predicted octanol–water partition coefficient (Wildman–Crippen LogP) is 5.61. The van der Waals surface area contributed by atoms with Crippen LogP contribution in [0.1, 0.15) is 68.7 Å². The molecule has 1 nitrogen and oxygen atoms in total. The molecular weight excluding hydrogens is 224 g/mol. The van der Waals surface area contributed by atoms with Crippen molar-refractivity contribution in [3.05, 3.63) is 0 Å². The molecule has 0 aromatic carbocycles. The van der Waals surface area contributed by atoms with E-state index in [1.165, 1.54) is 12.5 Å². The maximum absolute atomic E-state index is 6.57. The van der Waals surface area contributed by atoms with Gasteiger partial charge in [0.25, 0.3) is 0 Å². The summed E-state index contributed by atoms with van der Waals surface area (Å²) in [5, 5.41) is 0.284. The molecule has 0 N–H and O–H groups in total. The highest BCUT2D eigenvalue weighted by molar-refractivity contribution is 6.75. The van der Waals surface area contributed by atoms with Gasteiger partial charge in [0.2, 0.25) is 0 Å². The molecule has 0 fully saturated rings. The van der Waals surface area contributed by atoms with Gasteiger partial charge in [0.05, 0.1) is 0 Å². The lowest BCUT2D eigenvalue weighted by Gasteiger charge is -2.47. The first-order chi connectivity index (χ1) is 7.22. The van der Waals surface area contributed by atoms with E-state index < -0.39 is 8.32 Å². The lowest BCUT2D eigenvalue weighted by Crippen LogP contribution is -2.51. The topological polar surface area (TPSA) is 9.23 Å². The summed E-state index contributed by atoms with van der Waals surface area (Å²) in [5.74, 6) is 0. The zero-order chi connectivity index (χ0) is 14.1. The first-order valence-electron chi connectivity index (χ1n) is 6.93. The van der Waals surface area contributed by atoms with Crippen molar-refractivity contribution in [2.75, 3.05) is 0 Å². The zero-order valence-electron chi connectivity index (χ0n) is 13.8. The predicted molar refractivity (Wildman–Crippen MR) is 81.1 cm³/mol. The van der Waals surface area contributed by atoms with Gasteiger partial charge in [-0.25, -0.2) is 0 Å². The minimum absolute atomic E-state index is 0.0297. The Labute approximate surface area is 110 Å². The lowest BCUT2D eigenvalue weighted by molar-refractivity contribution is 0.104. The molecule has 104 valence electrons. The van der Waals surface area contributed by atoms with Gasteiger partial charge in [0, 0.05) is 5.60 Å². The molecule has 17 heavy (non-hydrogen) atoms. The van der Waals surface area contributed by atoms with E-state index in [0.29, 0.717) is 5.41 Å². The van der Waals surface area contributed by atoms with Crippen LogP contribution in [0.15, 0.2) is 0 Å². The van der Waals surface area contributed by atoms with Crippen LogP contribution >= 0.6 is 0 Å². The third-order valence-electron chi connectivity index (χ3n) is 3.89. The van der Waals surface area contributed by atoms with Crippen LogP contribution in [0.2, 0.25) is 17.6 Å². The second-order valence-corrected chi connectivity index (χ2v) is 12.9. The summed E-state index contributed by atoms with van der Waals surface area (Å²) in [4.78, 5) is 0. The minimum atomic E-state index is -1.74. The first-order valence-corrected chi connectivity index (χ1v) is 9.54. The van der Waals surface area contributed by atoms with Crippen molar-refractivity contribution in [3.63, 3.8) is 0 Å². The molecule has 0 radical (unpaired) electrons. The standard InChI is InChI=1S/C15H34OSi/c1-11-15(8,9)12-17(10,14(5,6)7)16-13(2,3)4/h11-12H2,1-10H3. The fraction of sp³-hybridized carbons (Fsp3) is 1.00. The molecule has 0 aliphatic rings. The Bertz CT molecular complexity index is 245. The van der Waals surface area contributed by atoms with Gasteiger partial charge >= 0.3 is 0 Å². The van der Waals surface area contributed by atoms with Gasteiger partial charge in [-0.15, -0.1) is 0 Å². The smallest absolute Gasteiger partial charge is 0.196 e. The van der Waals surface area contributed by atoms with E-state index in [-0.39, 0.29) is 10.6 Å². The fourth-order valence-corrected chi connectivity index (χ4v) is 6.50. The molecule has 0 saturated carbocycles. The molecule has 0 spiro atoms. The monoisotopic (exact) mass is 258 g/mol. The molecule has 0 bridgehead atoms. The highest BCUT2D eigenvalue weighted by atomic mass is 28.4. The van der Waals surface area contributed by atoms with Crippen LogP contribution in [0, 0.1) is 5.41 Å². The Hall–Kier alpha value is 0.177. The van der Waals surface area contributed by atoms with Crippen molar-refractivity contribution in [3.8, 4) is 0 Å². The molecule has 0 aromatic rings. The van der Waals surface area contributed by atoms with Crippen molar-refractivity contribution in [1.29, 1.82) is 0 Å². The summed E-state index contributed by atoms with van der Waals surface area (Å²) in [7, 11) is -1.74. The van der Waals surface area contributed by atoms with Crippen LogP contribution < -0.4 is 0 Å². The fourth-order valence-electron chi connectivity index (χ4n) is 2.17. The van der Waals surface area contributed by atoms with E-state index in [4.69, 9.17) is 4.43 Å². The number of hydrogen-bond donors (Lipinski definition) is 0. The van der Waals surface area contributed by atoms with Crippen LogP contribution in [-0.2, 0) is 4.43 Å². The first kappa shape index (κ1) is 17.2. The minimum Gasteiger partial charge on any atom is -0.412 e. The quantitative estimate of drug-likeness (QED) is 0.595. The SMILES string of the molecule is CCC(C)(C)C[Si](C)(OC(C)(C)C)C(C)(C)C. The molecule has 0 saturated heterocycles. The van der Waals surface area contributed by atoms with Gasteiger partial charge < -0.3 is 4.43 Å². The molecule has 0 amide bonds. The number of hydrogen-bond acceptors (Lipinski definition) is 1. The molecule has 1 atom stereocenters. The Kier molecular flexibility index (Phi) is 5.10. The Morgan fingerprint density at radius 1 is 0.882 bits per heavy atom. The van der Waals surface area contributed by atoms with E-state index in [1.54, 1.807) is 0 Å². The summed E-state index contributed by atoms with van der Waals surface area (Å²) in [6.45, 7) is 23.0. The van der Waals surface area contributed by atoms with Gasteiger partial charge in [-0.05, 0) is 43.8 Å². The summed E-state index contributed by atoms with van der Waals surface area (Å²) in [5.41, 5.74) is 0.359. The van der Waals surface area contributed by atoms with Gasteiger partial charge in [-0.1, -0.05) is 48.0 Å². The normalized spacial score (nSPS) is 18.0. The van der Waals surface area contributed by atoms with E-state index in [1.807, 2.05) is 0 Å². The second kappa shape index (κ2) is 5.04. The van der Waals surface area contributed by atoms with Crippen LogP contribution in [0.5, 0.6) is 0 Å². The molecule has 1 unspecified atom stereocenters. The van der Waals surface area contributed by atoms with Crippen LogP contribution in [0.3, 0.4) is 0 Å². The molecule has 0 aliphatic carbocycles. The van der Waals surface area contributed by atoms with Gasteiger partial charge in [0.1, 0.15) is 0 Å². The highest BCUT2D eigenvalue weighted by Crippen LogP contribution is 2.47. The van der Waals surface area contributed by atoms with Crippen LogP contribution in [0.4, 0.5) is 0 Å². The van der Waals surface area contributed by atoms with Gasteiger partial charge in [0.15, 0.2) is 8.32 Å². The van der Waals surface area contributed by atoms with E-state index in [9.17, 15) is 0 Å². The van der Waals surface area contributed by atoms with Crippen molar-refractivity contribution >= 4 is 8.32 Å². The third-order valence-corrected chi connectivity index (χ3v) is 9.76. The molecule has 0 rings (SSSR count). The van der Waals surface area contributed by atoms with Crippen molar-refractivity contribution in [1.82, 2.24) is 0 Å². The maximum atomic E-state index is 6.57. The highest BCUT2D eigenvalue weighted by Gasteiger charge is 2.47. The molecule has 0 aliphatic heterocycles. The van der Waals surface area contributed by atoms with Crippen molar-refractivity contribution in [2.24, 2.45) is 5.41 Å². The van der Waals surface area contributed by atoms with Gasteiger partial charge in [-0.3, -0.25) is 0 Å². The van der Waals surface area contributed by atoms with Crippen molar-refractivity contribution < 1.29 is 4.43 Å². The largest absolute Gasteiger partial charge is 0.412 e. The third kappa shape index (κ3) is 5.56. The number of rotatable bonds is 4. The lowest BCUT2D eigenvalue weighted by atomic mass is 9.93. The Morgan fingerprint density at radius 3 is 1.53 bits per heavy atom. The molecule has 0 heterocycles. The summed E-state index contributed by atoms with van der Waals surface area (Å²) >= 11 is 0. The Morgan fingerprint density at radius 2 is 1.29 bits per heavy atom. The maximum Gasteiger partial charge on any atom is 0.196 e. The Balaban J connectivity index is 5.14. The molecule has 2 heteroatoms. The van der Waals surface area contributed by atoms with Gasteiger partial charge in [-0.2, -0.15) is 0 Å². The molecular formula is C15H34OSi. The second-order valence-electron chi connectivity index (χ2n) is 8.39. The van der Waals surface area contributed by atoms with Crippen molar-refractivity contribution in [2.45, 2.75) is 92.0 Å². The van der Waals surface area contributed by atoms with Crippen LogP contribution in [0.25, 0.3) is 0 Å².